The number of rotatable bonds is 4. The molecule has 1 aliphatic heterocycles. The molecule has 2 aromatic rings. The third-order valence-corrected chi connectivity index (χ3v) is 3.53. The minimum absolute atomic E-state index is 0.237. The molecule has 0 aliphatic carbocycles. The zero-order valence-electron chi connectivity index (χ0n) is 11.7. The third kappa shape index (κ3) is 2.84. The summed E-state index contributed by atoms with van der Waals surface area (Å²) in [6.45, 7) is 1.19. The van der Waals surface area contributed by atoms with Crippen molar-refractivity contribution in [3.63, 3.8) is 0 Å². The second kappa shape index (κ2) is 5.87. The predicted octanol–water partition coefficient (Wildman–Crippen LogP) is 3.03. The maximum Gasteiger partial charge on any atom is 0.337 e. The second-order valence-corrected chi connectivity index (χ2v) is 4.87. The smallest absolute Gasteiger partial charge is 0.337 e. The first-order chi connectivity index (χ1) is 10.3. The molecule has 1 heterocycles. The molecule has 0 saturated carbocycles. The van der Waals surface area contributed by atoms with Gasteiger partial charge in [0.25, 0.3) is 0 Å². The maximum atomic E-state index is 11.3. The monoisotopic (exact) mass is 284 g/mol. The fourth-order valence-electron chi connectivity index (χ4n) is 2.37. The maximum absolute atomic E-state index is 11.3. The van der Waals surface area contributed by atoms with Gasteiger partial charge in [0.1, 0.15) is 11.5 Å². The van der Waals surface area contributed by atoms with Gasteiger partial charge in [0.05, 0.1) is 31.8 Å². The van der Waals surface area contributed by atoms with Gasteiger partial charge in [0, 0.05) is 5.56 Å². The Morgan fingerprint density at radius 1 is 1.19 bits per heavy atom. The van der Waals surface area contributed by atoms with Crippen LogP contribution in [0, 0.1) is 0 Å². The molecule has 2 aromatic carbocycles. The van der Waals surface area contributed by atoms with E-state index < -0.39 is 0 Å². The molecular weight excluding hydrogens is 268 g/mol. The molecule has 0 amide bonds. The van der Waals surface area contributed by atoms with Crippen LogP contribution >= 0.6 is 0 Å². The van der Waals surface area contributed by atoms with Gasteiger partial charge in [0.15, 0.2) is 0 Å². The average molecular weight is 284 g/mol. The summed E-state index contributed by atoms with van der Waals surface area (Å²) in [7, 11) is 1.37. The molecule has 108 valence electrons. The van der Waals surface area contributed by atoms with Crippen LogP contribution in [0.3, 0.4) is 0 Å². The van der Waals surface area contributed by atoms with Crippen molar-refractivity contribution in [1.82, 2.24) is 0 Å². The molecular formula is C17H16O4. The van der Waals surface area contributed by atoms with Gasteiger partial charge in [-0.2, -0.15) is 0 Å². The number of esters is 1. The summed E-state index contributed by atoms with van der Waals surface area (Å²) >= 11 is 0. The lowest BCUT2D eigenvalue weighted by Gasteiger charge is -2.11. The molecule has 0 fully saturated rings. The summed E-state index contributed by atoms with van der Waals surface area (Å²) in [6, 6.07) is 14.9. The number of carbonyl (C=O) groups is 1. The Bertz CT molecular complexity index is 633. The van der Waals surface area contributed by atoms with Gasteiger partial charge in [-0.05, 0) is 30.3 Å². The van der Waals surface area contributed by atoms with Gasteiger partial charge in [-0.1, -0.05) is 18.2 Å². The number of ether oxygens (including phenoxy) is 3. The first kappa shape index (κ1) is 13.5. The van der Waals surface area contributed by atoms with Crippen LogP contribution in [0.4, 0.5) is 0 Å². The fourth-order valence-corrected chi connectivity index (χ4v) is 2.37. The summed E-state index contributed by atoms with van der Waals surface area (Å²) < 4.78 is 16.1. The van der Waals surface area contributed by atoms with Crippen molar-refractivity contribution in [2.75, 3.05) is 20.3 Å². The largest absolute Gasteiger partial charge is 0.493 e. The van der Waals surface area contributed by atoms with E-state index in [0.717, 1.165) is 11.5 Å². The zero-order chi connectivity index (χ0) is 14.7. The number of fused-ring (bicyclic) bond motifs is 1. The molecule has 1 aliphatic rings. The molecule has 0 saturated heterocycles. The third-order valence-electron chi connectivity index (χ3n) is 3.53. The molecule has 0 bridgehead atoms. The normalized spacial score (nSPS) is 16.0. The number of benzene rings is 2. The Hall–Kier alpha value is -2.49. The van der Waals surface area contributed by atoms with Crippen LogP contribution in [-0.2, 0) is 4.74 Å². The molecule has 0 spiro atoms. The number of hydrogen-bond donors (Lipinski definition) is 0. The van der Waals surface area contributed by atoms with E-state index in [0.29, 0.717) is 18.8 Å². The van der Waals surface area contributed by atoms with Gasteiger partial charge in [0.2, 0.25) is 0 Å². The average Bonchev–Trinajstić information content (AvgIpc) is 2.96. The number of carbonyl (C=O) groups excluding carboxylic acids is 1. The van der Waals surface area contributed by atoms with Gasteiger partial charge in [-0.3, -0.25) is 0 Å². The van der Waals surface area contributed by atoms with Gasteiger partial charge >= 0.3 is 5.97 Å². The van der Waals surface area contributed by atoms with Crippen molar-refractivity contribution in [2.24, 2.45) is 0 Å². The molecule has 0 N–H and O–H groups in total. The van der Waals surface area contributed by atoms with E-state index in [-0.39, 0.29) is 11.9 Å². The van der Waals surface area contributed by atoms with E-state index in [2.05, 4.69) is 10.8 Å². The molecule has 4 heteroatoms. The highest BCUT2D eigenvalue weighted by Gasteiger charge is 2.24. The quantitative estimate of drug-likeness (QED) is 0.810. The van der Waals surface area contributed by atoms with E-state index in [4.69, 9.17) is 9.47 Å². The Labute approximate surface area is 123 Å². The second-order valence-electron chi connectivity index (χ2n) is 4.87. The van der Waals surface area contributed by atoms with Crippen LogP contribution in [0.2, 0.25) is 0 Å². The van der Waals surface area contributed by atoms with Crippen LogP contribution < -0.4 is 9.47 Å². The first-order valence-corrected chi connectivity index (χ1v) is 6.81. The van der Waals surface area contributed by atoms with Crippen molar-refractivity contribution in [1.29, 1.82) is 0 Å². The lowest BCUT2D eigenvalue weighted by molar-refractivity contribution is 0.0600. The molecule has 1 atom stereocenters. The highest BCUT2D eigenvalue weighted by molar-refractivity contribution is 5.89. The van der Waals surface area contributed by atoms with Gasteiger partial charge < -0.3 is 14.2 Å². The summed E-state index contributed by atoms with van der Waals surface area (Å²) in [5, 5.41) is 0. The standard InChI is InChI=1S/C17H16O4/c1-19-17(18)12-6-8-14(9-7-12)20-10-13-11-21-16-5-3-2-4-15(13)16/h2-9,13H,10-11H2,1H3. The van der Waals surface area contributed by atoms with Gasteiger partial charge in [-0.15, -0.1) is 0 Å². The fraction of sp³-hybridized carbons (Fsp3) is 0.235. The van der Waals surface area contributed by atoms with Crippen LogP contribution in [0.15, 0.2) is 48.5 Å². The lowest BCUT2D eigenvalue weighted by atomic mass is 10.0. The molecule has 0 radical (unpaired) electrons. The summed E-state index contributed by atoms with van der Waals surface area (Å²) in [6.07, 6.45) is 0. The number of para-hydroxylation sites is 1. The Morgan fingerprint density at radius 2 is 1.95 bits per heavy atom. The minimum atomic E-state index is -0.348. The highest BCUT2D eigenvalue weighted by atomic mass is 16.5. The van der Waals surface area contributed by atoms with Crippen LogP contribution in [0.5, 0.6) is 11.5 Å². The number of methoxy groups -OCH3 is 1. The zero-order valence-corrected chi connectivity index (χ0v) is 11.7. The van der Waals surface area contributed by atoms with Crippen molar-refractivity contribution in [2.45, 2.75) is 5.92 Å². The van der Waals surface area contributed by atoms with Crippen molar-refractivity contribution in [3.8, 4) is 11.5 Å². The van der Waals surface area contributed by atoms with Gasteiger partial charge in [-0.25, -0.2) is 4.79 Å². The van der Waals surface area contributed by atoms with E-state index >= 15 is 0 Å². The first-order valence-electron chi connectivity index (χ1n) is 6.81. The topological polar surface area (TPSA) is 44.8 Å². The Balaban J connectivity index is 1.62. The molecule has 0 aromatic heterocycles. The summed E-state index contributed by atoms with van der Waals surface area (Å²) in [5.74, 6) is 1.56. The Kier molecular flexibility index (Phi) is 3.77. The van der Waals surface area contributed by atoms with Crippen molar-refractivity contribution >= 4 is 5.97 Å². The predicted molar refractivity (Wildman–Crippen MR) is 78.0 cm³/mol. The van der Waals surface area contributed by atoms with E-state index in [9.17, 15) is 4.79 Å². The summed E-state index contributed by atoms with van der Waals surface area (Å²) in [5.41, 5.74) is 1.70. The summed E-state index contributed by atoms with van der Waals surface area (Å²) in [4.78, 5) is 11.3. The van der Waals surface area contributed by atoms with E-state index in [1.807, 2.05) is 18.2 Å². The molecule has 3 rings (SSSR count). The Morgan fingerprint density at radius 3 is 2.71 bits per heavy atom. The van der Waals surface area contributed by atoms with Crippen molar-refractivity contribution in [3.05, 3.63) is 59.7 Å². The van der Waals surface area contributed by atoms with Crippen LogP contribution in [0.25, 0.3) is 0 Å². The molecule has 21 heavy (non-hydrogen) atoms. The molecule has 1 unspecified atom stereocenters. The van der Waals surface area contributed by atoms with E-state index in [1.165, 1.54) is 12.7 Å². The minimum Gasteiger partial charge on any atom is -0.493 e. The van der Waals surface area contributed by atoms with Crippen LogP contribution in [-0.4, -0.2) is 26.3 Å². The number of hydrogen-bond acceptors (Lipinski definition) is 4. The SMILES string of the molecule is COC(=O)c1ccc(OCC2COc3ccccc32)cc1. The van der Waals surface area contributed by atoms with Crippen molar-refractivity contribution < 1.29 is 19.0 Å². The molecule has 4 nitrogen and oxygen atoms in total. The van der Waals surface area contributed by atoms with Crippen LogP contribution in [0.1, 0.15) is 21.8 Å². The van der Waals surface area contributed by atoms with E-state index in [1.54, 1.807) is 24.3 Å². The lowest BCUT2D eigenvalue weighted by Crippen LogP contribution is -2.11. The highest BCUT2D eigenvalue weighted by Crippen LogP contribution is 2.33.